The van der Waals surface area contributed by atoms with Gasteiger partial charge >= 0.3 is 24.4 Å². The number of hydrogen-bond acceptors (Lipinski definition) is 12. The molecule has 0 aromatic heterocycles. The molecule has 0 aromatic rings. The van der Waals surface area contributed by atoms with Gasteiger partial charge in [0.2, 0.25) is 0 Å². The largest absolute Gasteiger partial charge is 0.502 e. The molecule has 0 saturated carbocycles. The van der Waals surface area contributed by atoms with Crippen LogP contribution in [0.25, 0.3) is 0 Å². The summed E-state index contributed by atoms with van der Waals surface area (Å²) in [5.74, 6) is 0.669. The molecule has 0 radical (unpaired) electrons. The number of carbonyl (C=O) groups is 4. The third-order valence-corrected chi connectivity index (χ3v) is 9.12. The quantitative estimate of drug-likeness (QED) is 0.0261. The van der Waals surface area contributed by atoms with Crippen molar-refractivity contribution in [2.24, 2.45) is 22.7 Å². The van der Waals surface area contributed by atoms with E-state index in [-0.39, 0.29) is 16.7 Å². The monoisotopic (exact) mass is 885 g/mol. The second-order valence-electron chi connectivity index (χ2n) is 16.6. The summed E-state index contributed by atoms with van der Waals surface area (Å²) >= 11 is 0. The van der Waals surface area contributed by atoms with Crippen LogP contribution in [-0.4, -0.2) is 103 Å². The van der Waals surface area contributed by atoms with E-state index >= 15 is 0 Å². The first-order valence-electron chi connectivity index (χ1n) is 22.1. The predicted octanol–water partition coefficient (Wildman–Crippen LogP) is 9.52. The van der Waals surface area contributed by atoms with Crippen LogP contribution >= 0.6 is 0 Å². The van der Waals surface area contributed by atoms with E-state index in [4.69, 9.17) is 37.9 Å². The van der Waals surface area contributed by atoms with Crippen molar-refractivity contribution in [3.05, 3.63) is 51.4 Å². The molecule has 0 aliphatic carbocycles. The van der Waals surface area contributed by atoms with E-state index in [1.165, 1.54) is 25.0 Å². The van der Waals surface area contributed by atoms with Gasteiger partial charge in [-0.2, -0.15) is 0 Å². The van der Waals surface area contributed by atoms with E-state index in [0.29, 0.717) is 85.0 Å². The van der Waals surface area contributed by atoms with Crippen LogP contribution in [0.1, 0.15) is 119 Å². The standard InChI is InChI=1S/2C23H42N2O6/c1-6-28-14-8-10-16-30-21(26)24-13-12-23(4,5)18-20(3)19-25-22(27)31-17-11-9-15-29-7-2;1-6-28-14-8-10-16-30-21(26)24-13-12-20(3)18-23(4,5)19-25-22(27)31-17-11-9-15-29-7-2/h2*6-7,20H,1-2,8-19H2,3-5H3,(H,24,26)(H,25,27). The highest BCUT2D eigenvalue weighted by atomic mass is 16.6. The summed E-state index contributed by atoms with van der Waals surface area (Å²) in [4.78, 5) is 47.0. The number of alkyl carbamates (subject to hydrolysis) is 4. The van der Waals surface area contributed by atoms with E-state index in [0.717, 1.165) is 77.0 Å². The summed E-state index contributed by atoms with van der Waals surface area (Å²) in [6.07, 6.45) is 13.8. The number of carbonyl (C=O) groups excluding carboxylic acids is 4. The van der Waals surface area contributed by atoms with Crippen molar-refractivity contribution < 1.29 is 57.1 Å². The average molecular weight is 885 g/mol. The molecule has 0 heterocycles. The van der Waals surface area contributed by atoms with Gasteiger partial charge in [0, 0.05) is 26.2 Å². The molecule has 4 amide bonds. The van der Waals surface area contributed by atoms with Crippen LogP contribution in [-0.2, 0) is 37.9 Å². The summed E-state index contributed by atoms with van der Waals surface area (Å²) in [6.45, 7) is 32.6. The maximum Gasteiger partial charge on any atom is 0.407 e. The first-order chi connectivity index (χ1) is 29.6. The third-order valence-electron chi connectivity index (χ3n) is 9.12. The van der Waals surface area contributed by atoms with Crippen LogP contribution in [0.2, 0.25) is 0 Å². The summed E-state index contributed by atoms with van der Waals surface area (Å²) < 4.78 is 40.6. The second-order valence-corrected chi connectivity index (χ2v) is 16.6. The van der Waals surface area contributed by atoms with E-state index in [9.17, 15) is 19.2 Å². The average Bonchev–Trinajstić information content (AvgIpc) is 3.21. The van der Waals surface area contributed by atoms with Gasteiger partial charge in [-0.15, -0.1) is 0 Å². The molecule has 16 nitrogen and oxygen atoms in total. The Bertz CT molecular complexity index is 1200. The lowest BCUT2D eigenvalue weighted by atomic mass is 9.80. The maximum atomic E-state index is 11.8. The maximum absolute atomic E-state index is 11.8. The Morgan fingerprint density at radius 2 is 0.806 bits per heavy atom. The van der Waals surface area contributed by atoms with Crippen molar-refractivity contribution in [2.45, 2.75) is 119 Å². The van der Waals surface area contributed by atoms with E-state index in [2.05, 4.69) is 89.1 Å². The first-order valence-corrected chi connectivity index (χ1v) is 22.1. The topological polar surface area (TPSA) is 190 Å². The Morgan fingerprint density at radius 3 is 1.21 bits per heavy atom. The zero-order chi connectivity index (χ0) is 46.7. The van der Waals surface area contributed by atoms with E-state index in [1.54, 1.807) is 0 Å². The summed E-state index contributed by atoms with van der Waals surface area (Å²) in [5, 5.41) is 11.2. The molecular formula is C46H84N4O12. The van der Waals surface area contributed by atoms with Crippen molar-refractivity contribution >= 4 is 24.4 Å². The van der Waals surface area contributed by atoms with Gasteiger partial charge in [-0.05, 0) is 99.7 Å². The van der Waals surface area contributed by atoms with E-state index in [1.807, 2.05) is 0 Å². The lowest BCUT2D eigenvalue weighted by Gasteiger charge is -2.28. The van der Waals surface area contributed by atoms with Crippen molar-refractivity contribution in [3.8, 4) is 0 Å². The zero-order valence-corrected chi connectivity index (χ0v) is 39.2. The Labute approximate surface area is 373 Å². The first kappa shape index (κ1) is 59.3. The molecule has 2 atom stereocenters. The number of ether oxygens (including phenoxy) is 8. The lowest BCUT2D eigenvalue weighted by Crippen LogP contribution is -2.36. The summed E-state index contributed by atoms with van der Waals surface area (Å²) in [5.41, 5.74) is -0.0598. The van der Waals surface area contributed by atoms with Crippen LogP contribution in [0.4, 0.5) is 19.2 Å². The minimum Gasteiger partial charge on any atom is -0.502 e. The molecule has 0 rings (SSSR count). The van der Waals surface area contributed by atoms with Gasteiger partial charge in [0.15, 0.2) is 0 Å². The smallest absolute Gasteiger partial charge is 0.407 e. The SMILES string of the molecule is C=COCCCCOC(=O)NCCC(C)(C)CC(C)CNC(=O)OCCCCOC=C.C=COCCCCOC(=O)NCCC(C)CC(C)(C)CNC(=O)OCCCCOC=C. The molecular weight excluding hydrogens is 801 g/mol. The zero-order valence-electron chi connectivity index (χ0n) is 39.2. The molecule has 0 aromatic carbocycles. The fourth-order valence-corrected chi connectivity index (χ4v) is 6.07. The number of amides is 4. The molecule has 0 aliphatic heterocycles. The molecule has 0 saturated heterocycles. The van der Waals surface area contributed by atoms with Crippen molar-refractivity contribution in [2.75, 3.05) is 79.0 Å². The highest BCUT2D eigenvalue weighted by Gasteiger charge is 2.23. The van der Waals surface area contributed by atoms with Crippen LogP contribution in [0.15, 0.2) is 51.4 Å². The summed E-state index contributed by atoms with van der Waals surface area (Å²) in [7, 11) is 0. The minimum absolute atomic E-state index is 0.0193. The predicted molar refractivity (Wildman–Crippen MR) is 243 cm³/mol. The van der Waals surface area contributed by atoms with Gasteiger partial charge in [0.1, 0.15) is 0 Å². The molecule has 0 spiro atoms. The molecule has 2 unspecified atom stereocenters. The number of unbranched alkanes of at least 4 members (excludes halogenated alkanes) is 4. The van der Waals surface area contributed by atoms with Gasteiger partial charge < -0.3 is 59.2 Å². The van der Waals surface area contributed by atoms with Crippen molar-refractivity contribution in [3.63, 3.8) is 0 Å². The molecule has 4 N–H and O–H groups in total. The fourth-order valence-electron chi connectivity index (χ4n) is 6.07. The van der Waals surface area contributed by atoms with Gasteiger partial charge in [0.05, 0.1) is 77.9 Å². The van der Waals surface area contributed by atoms with Gasteiger partial charge in [-0.25, -0.2) is 19.2 Å². The van der Waals surface area contributed by atoms with Gasteiger partial charge in [-0.3, -0.25) is 0 Å². The van der Waals surface area contributed by atoms with Crippen molar-refractivity contribution in [1.29, 1.82) is 0 Å². The van der Waals surface area contributed by atoms with Crippen LogP contribution in [0.5, 0.6) is 0 Å². The lowest BCUT2D eigenvalue weighted by molar-refractivity contribution is 0.132. The van der Waals surface area contributed by atoms with Crippen molar-refractivity contribution in [1.82, 2.24) is 21.3 Å². The molecule has 0 aliphatic rings. The third kappa shape index (κ3) is 43.3. The Morgan fingerprint density at radius 1 is 0.468 bits per heavy atom. The highest BCUT2D eigenvalue weighted by molar-refractivity contribution is 5.68. The fraction of sp³-hybridized carbons (Fsp3) is 0.739. The van der Waals surface area contributed by atoms with E-state index < -0.39 is 24.4 Å². The highest BCUT2D eigenvalue weighted by Crippen LogP contribution is 2.29. The Hall–Kier alpha value is -4.76. The number of rotatable bonds is 38. The Balaban J connectivity index is 0. The number of nitrogens with one attached hydrogen (secondary N) is 4. The van der Waals surface area contributed by atoms with Crippen LogP contribution < -0.4 is 21.3 Å². The molecule has 0 bridgehead atoms. The van der Waals surface area contributed by atoms with Gasteiger partial charge in [-0.1, -0.05) is 67.9 Å². The van der Waals surface area contributed by atoms with Crippen LogP contribution in [0.3, 0.4) is 0 Å². The number of hydrogen-bond donors (Lipinski definition) is 4. The van der Waals surface area contributed by atoms with Crippen LogP contribution in [0, 0.1) is 22.7 Å². The molecule has 0 fully saturated rings. The molecule has 16 heteroatoms. The van der Waals surface area contributed by atoms with Gasteiger partial charge in [0.25, 0.3) is 0 Å². The molecule has 360 valence electrons. The second kappa shape index (κ2) is 40.3. The summed E-state index contributed by atoms with van der Waals surface area (Å²) in [6, 6.07) is 0. The Kier molecular flexibility index (Phi) is 38.6. The molecule has 62 heavy (non-hydrogen) atoms. The minimum atomic E-state index is -0.397. The normalized spacial score (nSPS) is 11.7.